The zero-order chi connectivity index (χ0) is 15.6. The van der Waals surface area contributed by atoms with Gasteiger partial charge in [-0.2, -0.15) is 0 Å². The third-order valence-electron chi connectivity index (χ3n) is 3.02. The molecule has 3 heterocycles. The third kappa shape index (κ3) is 3.07. The SMILES string of the molecule is Cn1cnc(S(=O)(=O)NCc2cncc(-c3ccco3)c2)c1. The van der Waals surface area contributed by atoms with Gasteiger partial charge in [-0.15, -0.1) is 0 Å². The Morgan fingerprint density at radius 3 is 2.91 bits per heavy atom. The molecule has 0 saturated carbocycles. The summed E-state index contributed by atoms with van der Waals surface area (Å²) in [6, 6.07) is 5.43. The molecule has 3 aromatic heterocycles. The summed E-state index contributed by atoms with van der Waals surface area (Å²) in [7, 11) is -1.93. The maximum absolute atomic E-state index is 12.1. The number of nitrogens with zero attached hydrogens (tertiary/aromatic N) is 3. The van der Waals surface area contributed by atoms with E-state index >= 15 is 0 Å². The Balaban J connectivity index is 1.75. The molecule has 114 valence electrons. The maximum atomic E-state index is 12.1. The monoisotopic (exact) mass is 318 g/mol. The minimum absolute atomic E-state index is 0.00912. The van der Waals surface area contributed by atoms with Crippen LogP contribution in [-0.4, -0.2) is 23.0 Å². The van der Waals surface area contributed by atoms with Crippen molar-refractivity contribution in [2.24, 2.45) is 7.05 Å². The Morgan fingerprint density at radius 2 is 2.23 bits per heavy atom. The molecule has 0 aliphatic heterocycles. The van der Waals surface area contributed by atoms with Crippen molar-refractivity contribution >= 4 is 10.0 Å². The molecule has 8 heteroatoms. The quantitative estimate of drug-likeness (QED) is 0.771. The fourth-order valence-electron chi connectivity index (χ4n) is 1.94. The van der Waals surface area contributed by atoms with E-state index in [4.69, 9.17) is 4.42 Å². The number of sulfonamides is 1. The van der Waals surface area contributed by atoms with Crippen molar-refractivity contribution in [2.75, 3.05) is 0 Å². The van der Waals surface area contributed by atoms with Crippen molar-refractivity contribution < 1.29 is 12.8 Å². The van der Waals surface area contributed by atoms with Crippen LogP contribution in [0, 0.1) is 0 Å². The molecule has 0 saturated heterocycles. The molecule has 3 rings (SSSR count). The molecule has 0 aliphatic carbocycles. The van der Waals surface area contributed by atoms with Gasteiger partial charge in [-0.1, -0.05) is 0 Å². The molecule has 3 aromatic rings. The predicted octanol–water partition coefficient (Wildman–Crippen LogP) is 1.55. The van der Waals surface area contributed by atoms with Crippen LogP contribution in [-0.2, 0) is 23.6 Å². The highest BCUT2D eigenvalue weighted by atomic mass is 32.2. The Kier molecular flexibility index (Phi) is 3.78. The van der Waals surface area contributed by atoms with Crippen LogP contribution in [0.5, 0.6) is 0 Å². The van der Waals surface area contributed by atoms with Crippen LogP contribution in [0.1, 0.15) is 5.56 Å². The number of hydrogen-bond acceptors (Lipinski definition) is 5. The fourth-order valence-corrected chi connectivity index (χ4v) is 2.94. The van der Waals surface area contributed by atoms with Crippen LogP contribution in [0.2, 0.25) is 0 Å². The largest absolute Gasteiger partial charge is 0.464 e. The van der Waals surface area contributed by atoms with Gasteiger partial charge < -0.3 is 8.98 Å². The minimum Gasteiger partial charge on any atom is -0.464 e. The minimum atomic E-state index is -3.64. The lowest BCUT2D eigenvalue weighted by molar-refractivity contribution is 0.577. The zero-order valence-electron chi connectivity index (χ0n) is 11.8. The number of furan rings is 1. The molecule has 0 atom stereocenters. The summed E-state index contributed by atoms with van der Waals surface area (Å²) in [4.78, 5) is 7.94. The van der Waals surface area contributed by atoms with E-state index in [0.29, 0.717) is 5.76 Å². The van der Waals surface area contributed by atoms with Crippen LogP contribution in [0.25, 0.3) is 11.3 Å². The first kappa shape index (κ1) is 14.5. The second kappa shape index (κ2) is 5.74. The van der Waals surface area contributed by atoms with Gasteiger partial charge in [0.2, 0.25) is 0 Å². The summed E-state index contributed by atoms with van der Waals surface area (Å²) in [6.45, 7) is 0.125. The third-order valence-corrected chi connectivity index (χ3v) is 4.31. The number of pyridine rings is 1. The van der Waals surface area contributed by atoms with E-state index in [0.717, 1.165) is 11.1 Å². The van der Waals surface area contributed by atoms with Crippen molar-refractivity contribution in [3.63, 3.8) is 0 Å². The molecular formula is C14H14N4O3S. The molecule has 0 bridgehead atoms. The Labute approximate surface area is 127 Å². The average molecular weight is 318 g/mol. The highest BCUT2D eigenvalue weighted by Crippen LogP contribution is 2.19. The van der Waals surface area contributed by atoms with Gasteiger partial charge in [0.15, 0.2) is 5.03 Å². The van der Waals surface area contributed by atoms with Crippen molar-refractivity contribution in [3.05, 3.63) is 54.9 Å². The predicted molar refractivity (Wildman–Crippen MR) is 79.2 cm³/mol. The number of hydrogen-bond donors (Lipinski definition) is 1. The number of nitrogens with one attached hydrogen (secondary N) is 1. The van der Waals surface area contributed by atoms with Gasteiger partial charge in [0.05, 0.1) is 12.6 Å². The molecule has 0 fully saturated rings. The van der Waals surface area contributed by atoms with Crippen LogP contribution in [0.4, 0.5) is 0 Å². The summed E-state index contributed by atoms with van der Waals surface area (Å²) in [5, 5.41) is -0.00912. The average Bonchev–Trinajstić information content (AvgIpc) is 3.17. The van der Waals surface area contributed by atoms with Crippen molar-refractivity contribution in [2.45, 2.75) is 11.6 Å². The molecule has 0 spiro atoms. The standard InChI is InChI=1S/C14H14N4O3S/c1-18-9-14(16-10-18)22(19,20)17-7-11-5-12(8-15-6-11)13-3-2-4-21-13/h2-6,8-10,17H,7H2,1H3. The van der Waals surface area contributed by atoms with E-state index in [2.05, 4.69) is 14.7 Å². The van der Waals surface area contributed by atoms with E-state index in [9.17, 15) is 8.42 Å². The van der Waals surface area contributed by atoms with Gasteiger partial charge in [0.25, 0.3) is 10.0 Å². The van der Waals surface area contributed by atoms with E-state index < -0.39 is 10.0 Å². The Morgan fingerprint density at radius 1 is 1.36 bits per heavy atom. The lowest BCUT2D eigenvalue weighted by Gasteiger charge is -2.05. The number of aryl methyl sites for hydroxylation is 1. The molecule has 22 heavy (non-hydrogen) atoms. The normalized spacial score (nSPS) is 11.7. The van der Waals surface area contributed by atoms with Gasteiger partial charge in [-0.3, -0.25) is 4.98 Å². The second-order valence-electron chi connectivity index (χ2n) is 4.76. The summed E-state index contributed by atoms with van der Waals surface area (Å²) in [5.74, 6) is 0.682. The molecular weight excluding hydrogens is 304 g/mol. The fraction of sp³-hybridized carbons (Fsp3) is 0.143. The Hall–Kier alpha value is -2.45. The lowest BCUT2D eigenvalue weighted by Crippen LogP contribution is -2.23. The zero-order valence-corrected chi connectivity index (χ0v) is 12.6. The molecule has 0 aliphatic rings. The number of aromatic nitrogens is 3. The van der Waals surface area contributed by atoms with E-state index in [1.54, 1.807) is 36.3 Å². The first-order valence-corrected chi connectivity index (χ1v) is 7.98. The Bertz CT molecular complexity index is 869. The van der Waals surface area contributed by atoms with E-state index in [1.807, 2.05) is 12.1 Å². The second-order valence-corrected chi connectivity index (χ2v) is 6.47. The number of imidazole rings is 1. The van der Waals surface area contributed by atoms with Gasteiger partial charge in [-0.25, -0.2) is 18.1 Å². The highest BCUT2D eigenvalue weighted by Gasteiger charge is 2.16. The van der Waals surface area contributed by atoms with Crippen LogP contribution in [0.3, 0.4) is 0 Å². The van der Waals surface area contributed by atoms with Crippen LogP contribution >= 0.6 is 0 Å². The van der Waals surface area contributed by atoms with Gasteiger partial charge >= 0.3 is 0 Å². The first-order chi connectivity index (χ1) is 10.5. The highest BCUT2D eigenvalue weighted by molar-refractivity contribution is 7.89. The van der Waals surface area contributed by atoms with Crippen LogP contribution < -0.4 is 4.72 Å². The van der Waals surface area contributed by atoms with E-state index in [-0.39, 0.29) is 11.6 Å². The summed E-state index contributed by atoms with van der Waals surface area (Å²) in [6.07, 6.45) is 7.72. The molecule has 7 nitrogen and oxygen atoms in total. The molecule has 0 unspecified atom stereocenters. The molecule has 1 N–H and O–H groups in total. The lowest BCUT2D eigenvalue weighted by atomic mass is 10.2. The van der Waals surface area contributed by atoms with E-state index in [1.165, 1.54) is 12.5 Å². The first-order valence-electron chi connectivity index (χ1n) is 6.50. The summed E-state index contributed by atoms with van der Waals surface area (Å²) < 4.78 is 33.6. The van der Waals surface area contributed by atoms with Gasteiger partial charge in [-0.05, 0) is 23.8 Å². The molecule has 0 radical (unpaired) electrons. The number of rotatable bonds is 5. The molecule has 0 amide bonds. The van der Waals surface area contributed by atoms with Crippen molar-refractivity contribution in [1.82, 2.24) is 19.3 Å². The van der Waals surface area contributed by atoms with Crippen molar-refractivity contribution in [3.8, 4) is 11.3 Å². The maximum Gasteiger partial charge on any atom is 0.259 e. The van der Waals surface area contributed by atoms with Crippen molar-refractivity contribution in [1.29, 1.82) is 0 Å². The topological polar surface area (TPSA) is 90.0 Å². The van der Waals surface area contributed by atoms with Crippen LogP contribution in [0.15, 0.2) is 58.8 Å². The summed E-state index contributed by atoms with van der Waals surface area (Å²) in [5.41, 5.74) is 1.52. The smallest absolute Gasteiger partial charge is 0.259 e. The van der Waals surface area contributed by atoms with Gasteiger partial charge in [0, 0.05) is 37.7 Å². The molecule has 0 aromatic carbocycles. The van der Waals surface area contributed by atoms with Gasteiger partial charge in [0.1, 0.15) is 5.76 Å². The summed E-state index contributed by atoms with van der Waals surface area (Å²) >= 11 is 0.